The van der Waals surface area contributed by atoms with Gasteiger partial charge in [0.05, 0.1) is 12.1 Å². The van der Waals surface area contributed by atoms with E-state index in [0.717, 1.165) is 6.42 Å². The molecule has 0 spiro atoms. The molecule has 1 unspecified atom stereocenters. The number of nitriles is 2. The molecule has 0 N–H and O–H groups in total. The third-order valence-electron chi connectivity index (χ3n) is 2.40. The number of hydrogen-bond acceptors (Lipinski definition) is 3. The van der Waals surface area contributed by atoms with Crippen LogP contribution in [0.15, 0.2) is 12.2 Å². The fourth-order valence-corrected chi connectivity index (χ4v) is 1.85. The molecule has 2 aliphatic rings. The standard InChI is InChI=1S/C8H7N3/c9-4-8-6-1-2-7(3-6)11(8)5-10/h1-2,6-8H,3H2/t6-,7+,8?/m1/s1. The van der Waals surface area contributed by atoms with Gasteiger partial charge in [0, 0.05) is 5.92 Å². The second kappa shape index (κ2) is 2.00. The van der Waals surface area contributed by atoms with Crippen LogP contribution in [0.1, 0.15) is 6.42 Å². The van der Waals surface area contributed by atoms with Gasteiger partial charge in [-0.3, -0.25) is 4.90 Å². The highest BCUT2D eigenvalue weighted by atomic mass is 15.2. The Morgan fingerprint density at radius 3 is 2.73 bits per heavy atom. The molecule has 1 heterocycles. The molecule has 1 fully saturated rings. The van der Waals surface area contributed by atoms with Gasteiger partial charge in [-0.1, -0.05) is 12.2 Å². The fraction of sp³-hybridized carbons (Fsp3) is 0.500. The lowest BCUT2D eigenvalue weighted by Gasteiger charge is -2.20. The van der Waals surface area contributed by atoms with Gasteiger partial charge in [-0.2, -0.15) is 10.5 Å². The average molecular weight is 145 g/mol. The van der Waals surface area contributed by atoms with Gasteiger partial charge < -0.3 is 0 Å². The van der Waals surface area contributed by atoms with E-state index in [-0.39, 0.29) is 12.1 Å². The molecule has 0 amide bonds. The van der Waals surface area contributed by atoms with Gasteiger partial charge in [-0.05, 0) is 6.42 Å². The van der Waals surface area contributed by atoms with Gasteiger partial charge in [0.25, 0.3) is 0 Å². The average Bonchev–Trinajstić information content (AvgIpc) is 2.60. The first-order valence-electron chi connectivity index (χ1n) is 3.63. The molecule has 2 bridgehead atoms. The zero-order chi connectivity index (χ0) is 7.84. The van der Waals surface area contributed by atoms with Gasteiger partial charge >= 0.3 is 0 Å². The summed E-state index contributed by atoms with van der Waals surface area (Å²) < 4.78 is 0. The lowest BCUT2D eigenvalue weighted by atomic mass is 10.0. The Labute approximate surface area is 65.1 Å². The number of fused-ring (bicyclic) bond motifs is 2. The largest absolute Gasteiger partial charge is 0.286 e. The Hall–Kier alpha value is -1.48. The summed E-state index contributed by atoms with van der Waals surface area (Å²) in [7, 11) is 0. The monoisotopic (exact) mass is 145 g/mol. The van der Waals surface area contributed by atoms with E-state index in [9.17, 15) is 0 Å². The summed E-state index contributed by atoms with van der Waals surface area (Å²) in [5.41, 5.74) is 0. The third kappa shape index (κ3) is 0.655. The third-order valence-corrected chi connectivity index (χ3v) is 2.40. The first-order chi connectivity index (χ1) is 5.36. The second-order valence-corrected chi connectivity index (χ2v) is 2.93. The first-order valence-corrected chi connectivity index (χ1v) is 3.63. The zero-order valence-electron chi connectivity index (χ0n) is 5.94. The molecule has 3 heteroatoms. The minimum Gasteiger partial charge on any atom is -0.286 e. The Balaban J connectivity index is 2.32. The van der Waals surface area contributed by atoms with Crippen molar-refractivity contribution in [2.24, 2.45) is 5.92 Å². The molecule has 0 radical (unpaired) electrons. The Bertz CT molecular complexity index is 253. The molecule has 1 aliphatic heterocycles. The topological polar surface area (TPSA) is 50.8 Å². The lowest BCUT2D eigenvalue weighted by Crippen LogP contribution is -2.33. The van der Waals surface area contributed by atoms with Crippen LogP contribution in [-0.2, 0) is 0 Å². The van der Waals surface area contributed by atoms with Crippen molar-refractivity contribution in [2.75, 3.05) is 0 Å². The van der Waals surface area contributed by atoms with Crippen molar-refractivity contribution in [1.82, 2.24) is 4.90 Å². The predicted molar refractivity (Wildman–Crippen MR) is 37.9 cm³/mol. The van der Waals surface area contributed by atoms with Gasteiger partial charge in [-0.25, -0.2) is 0 Å². The van der Waals surface area contributed by atoms with E-state index in [0.29, 0.717) is 5.92 Å². The summed E-state index contributed by atoms with van der Waals surface area (Å²) in [5.74, 6) is 0.296. The van der Waals surface area contributed by atoms with Crippen LogP contribution >= 0.6 is 0 Å². The molecule has 3 nitrogen and oxygen atoms in total. The quantitative estimate of drug-likeness (QED) is 0.371. The van der Waals surface area contributed by atoms with Crippen molar-refractivity contribution in [3.8, 4) is 12.3 Å². The van der Waals surface area contributed by atoms with Crippen molar-refractivity contribution >= 4 is 0 Å². The van der Waals surface area contributed by atoms with Crippen molar-refractivity contribution in [3.63, 3.8) is 0 Å². The number of hydrogen-bond donors (Lipinski definition) is 0. The van der Waals surface area contributed by atoms with Gasteiger partial charge in [0.1, 0.15) is 6.04 Å². The Morgan fingerprint density at radius 2 is 2.18 bits per heavy atom. The highest BCUT2D eigenvalue weighted by Crippen LogP contribution is 2.35. The summed E-state index contributed by atoms with van der Waals surface area (Å²) in [6, 6.07) is 2.15. The summed E-state index contributed by atoms with van der Waals surface area (Å²) in [4.78, 5) is 1.59. The van der Waals surface area contributed by atoms with E-state index in [4.69, 9.17) is 10.5 Å². The van der Waals surface area contributed by atoms with Crippen molar-refractivity contribution in [1.29, 1.82) is 10.5 Å². The number of nitrogens with zero attached hydrogens (tertiary/aromatic N) is 3. The zero-order valence-corrected chi connectivity index (χ0v) is 5.94. The van der Waals surface area contributed by atoms with Crippen molar-refractivity contribution in [3.05, 3.63) is 12.2 Å². The highest BCUT2D eigenvalue weighted by molar-refractivity contribution is 5.24. The molecule has 0 aromatic heterocycles. The van der Waals surface area contributed by atoms with Gasteiger partial charge in [0.15, 0.2) is 6.19 Å². The smallest absolute Gasteiger partial charge is 0.181 e. The molecule has 54 valence electrons. The molecule has 2 rings (SSSR count). The van der Waals surface area contributed by atoms with Crippen molar-refractivity contribution < 1.29 is 0 Å². The maximum atomic E-state index is 8.71. The van der Waals surface area contributed by atoms with Gasteiger partial charge in [-0.15, -0.1) is 0 Å². The molecule has 11 heavy (non-hydrogen) atoms. The SMILES string of the molecule is N#CC1[C@@H]2C=C[C@@H](C2)N1C#N. The van der Waals surface area contributed by atoms with Crippen LogP contribution < -0.4 is 0 Å². The second-order valence-electron chi connectivity index (χ2n) is 2.93. The maximum Gasteiger partial charge on any atom is 0.181 e. The molecule has 0 aromatic carbocycles. The lowest BCUT2D eigenvalue weighted by molar-refractivity contribution is 0.349. The van der Waals surface area contributed by atoms with Crippen LogP contribution in [0.25, 0.3) is 0 Å². The normalized spacial score (nSPS) is 38.7. The minimum absolute atomic E-state index is 0.199. The molecular weight excluding hydrogens is 138 g/mol. The molecule has 1 aliphatic carbocycles. The Morgan fingerprint density at radius 1 is 1.36 bits per heavy atom. The van der Waals surface area contributed by atoms with Crippen LogP contribution in [0, 0.1) is 28.7 Å². The van der Waals surface area contributed by atoms with Crippen LogP contribution in [0.5, 0.6) is 0 Å². The fourth-order valence-electron chi connectivity index (χ4n) is 1.85. The van der Waals surface area contributed by atoms with Crippen molar-refractivity contribution in [2.45, 2.75) is 18.5 Å². The number of likely N-dealkylation sites (tertiary alicyclic amines) is 1. The molecule has 3 atom stereocenters. The van der Waals surface area contributed by atoms with E-state index in [1.54, 1.807) is 4.90 Å². The summed E-state index contributed by atoms with van der Waals surface area (Å²) in [5, 5.41) is 17.4. The maximum absolute atomic E-state index is 8.71. The minimum atomic E-state index is -0.199. The van der Waals surface area contributed by atoms with Gasteiger partial charge in [0.2, 0.25) is 0 Å². The van der Waals surface area contributed by atoms with Crippen LogP contribution in [0.2, 0.25) is 0 Å². The van der Waals surface area contributed by atoms with E-state index in [1.807, 2.05) is 12.2 Å². The Kier molecular flexibility index (Phi) is 1.14. The van der Waals surface area contributed by atoms with Crippen LogP contribution in [-0.4, -0.2) is 17.0 Å². The van der Waals surface area contributed by atoms with E-state index in [2.05, 4.69) is 12.3 Å². The van der Waals surface area contributed by atoms with E-state index in [1.165, 1.54) is 0 Å². The van der Waals surface area contributed by atoms with Crippen LogP contribution in [0.3, 0.4) is 0 Å². The predicted octanol–water partition coefficient (Wildman–Crippen LogP) is 0.620. The molecule has 0 saturated carbocycles. The highest BCUT2D eigenvalue weighted by Gasteiger charge is 2.42. The molecule has 1 saturated heterocycles. The summed E-state index contributed by atoms with van der Waals surface area (Å²) in [6.45, 7) is 0. The van der Waals surface area contributed by atoms with E-state index >= 15 is 0 Å². The van der Waals surface area contributed by atoms with E-state index < -0.39 is 0 Å². The number of rotatable bonds is 0. The van der Waals surface area contributed by atoms with Crippen LogP contribution in [0.4, 0.5) is 0 Å². The summed E-state index contributed by atoms with van der Waals surface area (Å²) in [6.07, 6.45) is 7.07. The summed E-state index contributed by atoms with van der Waals surface area (Å²) >= 11 is 0. The first kappa shape index (κ1) is 6.24. The molecule has 0 aromatic rings. The molecular formula is C8H7N3.